The van der Waals surface area contributed by atoms with Gasteiger partial charge in [0.15, 0.2) is 4.34 Å². The second-order valence-corrected chi connectivity index (χ2v) is 8.43. The van der Waals surface area contributed by atoms with Gasteiger partial charge in [-0.2, -0.15) is 0 Å². The van der Waals surface area contributed by atoms with Crippen molar-refractivity contribution in [2.24, 2.45) is 0 Å². The zero-order chi connectivity index (χ0) is 19.3. The highest BCUT2D eigenvalue weighted by molar-refractivity contribution is 8.00. The van der Waals surface area contributed by atoms with E-state index in [2.05, 4.69) is 20.5 Å². The Morgan fingerprint density at radius 3 is 2.82 bits per heavy atom. The van der Waals surface area contributed by atoms with Crippen molar-refractivity contribution in [2.75, 3.05) is 5.32 Å². The minimum atomic E-state index is -0.246. The van der Waals surface area contributed by atoms with Crippen molar-refractivity contribution < 1.29 is 8.81 Å². The van der Waals surface area contributed by atoms with E-state index in [0.29, 0.717) is 28.3 Å². The third-order valence-electron chi connectivity index (χ3n) is 3.73. The van der Waals surface area contributed by atoms with E-state index in [1.807, 2.05) is 24.3 Å². The number of anilines is 1. The van der Waals surface area contributed by atoms with Crippen LogP contribution in [0.2, 0.25) is 5.02 Å². The number of oxazole rings is 1. The molecule has 0 aliphatic carbocycles. The van der Waals surface area contributed by atoms with Gasteiger partial charge in [0.25, 0.3) is 0 Å². The Labute approximate surface area is 174 Å². The van der Waals surface area contributed by atoms with Crippen LogP contribution in [0.1, 0.15) is 11.3 Å². The van der Waals surface area contributed by atoms with Crippen molar-refractivity contribution in [3.05, 3.63) is 76.9 Å². The number of aromatic nitrogens is 3. The van der Waals surface area contributed by atoms with Crippen molar-refractivity contribution in [3.8, 4) is 11.5 Å². The molecule has 0 saturated carbocycles. The molecule has 0 aliphatic heterocycles. The first-order valence-electron chi connectivity index (χ1n) is 8.31. The zero-order valence-corrected chi connectivity index (χ0v) is 16.8. The summed E-state index contributed by atoms with van der Waals surface area (Å²) in [6.07, 6.45) is 1.64. The second kappa shape index (κ2) is 8.72. The van der Waals surface area contributed by atoms with Gasteiger partial charge < -0.3 is 9.73 Å². The van der Waals surface area contributed by atoms with Gasteiger partial charge in [-0.25, -0.2) is 9.37 Å². The lowest BCUT2D eigenvalue weighted by atomic mass is 10.2. The largest absolute Gasteiger partial charge is 0.444 e. The highest BCUT2D eigenvalue weighted by atomic mass is 35.5. The molecule has 0 unspecified atom stereocenters. The van der Waals surface area contributed by atoms with E-state index in [-0.39, 0.29) is 5.82 Å². The zero-order valence-electron chi connectivity index (χ0n) is 14.4. The Balaban J connectivity index is 1.31. The molecular weight excluding hydrogens is 419 g/mol. The number of hydrogen-bond acceptors (Lipinski definition) is 7. The lowest BCUT2D eigenvalue weighted by molar-refractivity contribution is 0.573. The van der Waals surface area contributed by atoms with E-state index in [9.17, 15) is 4.39 Å². The molecule has 0 atom stereocenters. The molecule has 2 aromatic carbocycles. The molecule has 4 aromatic rings. The van der Waals surface area contributed by atoms with Crippen LogP contribution in [0.15, 0.2) is 63.6 Å². The second-order valence-electron chi connectivity index (χ2n) is 5.80. The lowest BCUT2D eigenvalue weighted by Gasteiger charge is -2.01. The molecule has 2 aromatic heterocycles. The van der Waals surface area contributed by atoms with E-state index in [0.717, 1.165) is 21.2 Å². The molecular formula is C19H14ClFN4OS2. The van der Waals surface area contributed by atoms with E-state index >= 15 is 0 Å². The van der Waals surface area contributed by atoms with Gasteiger partial charge in [-0.15, -0.1) is 10.2 Å². The third-order valence-corrected chi connectivity index (χ3v) is 6.01. The monoisotopic (exact) mass is 432 g/mol. The SMILES string of the molecule is Fc1ccc(CNc2nnc(SCc3coc(-c4cccc(Cl)c4)n3)s2)cc1. The van der Waals surface area contributed by atoms with Crippen LogP contribution in [0.4, 0.5) is 9.52 Å². The van der Waals surface area contributed by atoms with Crippen LogP contribution in [-0.4, -0.2) is 15.2 Å². The van der Waals surface area contributed by atoms with Gasteiger partial charge in [-0.05, 0) is 35.9 Å². The van der Waals surface area contributed by atoms with E-state index in [1.165, 1.54) is 35.2 Å². The summed E-state index contributed by atoms with van der Waals surface area (Å²) in [4.78, 5) is 4.49. The van der Waals surface area contributed by atoms with Gasteiger partial charge in [0.1, 0.15) is 12.1 Å². The normalized spacial score (nSPS) is 10.9. The summed E-state index contributed by atoms with van der Waals surface area (Å²) in [5.41, 5.74) is 2.63. The van der Waals surface area contributed by atoms with E-state index < -0.39 is 0 Å². The smallest absolute Gasteiger partial charge is 0.226 e. The first-order valence-corrected chi connectivity index (χ1v) is 10.5. The van der Waals surface area contributed by atoms with Crippen LogP contribution >= 0.6 is 34.7 Å². The molecule has 0 aliphatic rings. The Morgan fingerprint density at radius 1 is 1.14 bits per heavy atom. The summed E-state index contributed by atoms with van der Waals surface area (Å²) in [6, 6.07) is 13.7. The average molecular weight is 433 g/mol. The molecule has 4 rings (SSSR count). The summed E-state index contributed by atoms with van der Waals surface area (Å²) in [7, 11) is 0. The molecule has 1 N–H and O–H groups in total. The molecule has 9 heteroatoms. The first kappa shape index (κ1) is 18.9. The average Bonchev–Trinajstić information content (AvgIpc) is 3.35. The fourth-order valence-corrected chi connectivity index (χ4v) is 4.20. The molecule has 0 amide bonds. The van der Waals surface area contributed by atoms with Gasteiger partial charge in [0.2, 0.25) is 11.0 Å². The minimum Gasteiger partial charge on any atom is -0.444 e. The Kier molecular flexibility index (Phi) is 5.90. The van der Waals surface area contributed by atoms with Gasteiger partial charge in [0, 0.05) is 22.9 Å². The van der Waals surface area contributed by atoms with Crippen molar-refractivity contribution in [1.29, 1.82) is 0 Å². The Bertz CT molecular complexity index is 1070. The minimum absolute atomic E-state index is 0.246. The summed E-state index contributed by atoms with van der Waals surface area (Å²) in [5, 5.41) is 12.8. The van der Waals surface area contributed by atoms with Gasteiger partial charge in [-0.3, -0.25) is 0 Å². The predicted molar refractivity (Wildman–Crippen MR) is 110 cm³/mol. The quantitative estimate of drug-likeness (QED) is 0.367. The number of nitrogens with one attached hydrogen (secondary N) is 1. The number of nitrogens with zero attached hydrogens (tertiary/aromatic N) is 3. The van der Waals surface area contributed by atoms with Crippen LogP contribution in [-0.2, 0) is 12.3 Å². The first-order chi connectivity index (χ1) is 13.7. The molecule has 0 bridgehead atoms. The summed E-state index contributed by atoms with van der Waals surface area (Å²) >= 11 is 9.00. The topological polar surface area (TPSA) is 63.8 Å². The maximum absolute atomic E-state index is 12.9. The fourth-order valence-electron chi connectivity index (χ4n) is 2.38. The van der Waals surface area contributed by atoms with Gasteiger partial charge >= 0.3 is 0 Å². The summed E-state index contributed by atoms with van der Waals surface area (Å²) in [6.45, 7) is 0.561. The van der Waals surface area contributed by atoms with E-state index in [1.54, 1.807) is 18.4 Å². The summed E-state index contributed by atoms with van der Waals surface area (Å²) < 4.78 is 19.3. The third kappa shape index (κ3) is 4.89. The molecule has 0 fully saturated rings. The van der Waals surface area contributed by atoms with Crippen molar-refractivity contribution in [1.82, 2.24) is 15.2 Å². The Morgan fingerprint density at radius 2 is 2.00 bits per heavy atom. The Hall–Kier alpha value is -2.42. The summed E-state index contributed by atoms with van der Waals surface area (Å²) in [5.74, 6) is 0.915. The number of halogens is 2. The predicted octanol–water partition coefficient (Wildman–Crippen LogP) is 5.89. The molecule has 2 heterocycles. The van der Waals surface area contributed by atoms with Crippen LogP contribution in [0, 0.1) is 5.82 Å². The molecule has 0 spiro atoms. The number of rotatable bonds is 7. The molecule has 5 nitrogen and oxygen atoms in total. The van der Waals surface area contributed by atoms with Gasteiger partial charge in [0.05, 0.1) is 5.69 Å². The standard InChI is InChI=1S/C19H14ClFN4OS2/c20-14-3-1-2-13(8-14)17-23-16(10-26-17)11-27-19-25-24-18(28-19)22-9-12-4-6-15(21)7-5-12/h1-8,10H,9,11H2,(H,22,24). The number of hydrogen-bond donors (Lipinski definition) is 1. The van der Waals surface area contributed by atoms with Crippen LogP contribution in [0.25, 0.3) is 11.5 Å². The van der Waals surface area contributed by atoms with Crippen molar-refractivity contribution >= 4 is 39.8 Å². The number of thioether (sulfide) groups is 1. The van der Waals surface area contributed by atoms with Gasteiger partial charge in [-0.1, -0.05) is 52.9 Å². The molecule has 28 heavy (non-hydrogen) atoms. The maximum Gasteiger partial charge on any atom is 0.226 e. The van der Waals surface area contributed by atoms with Crippen LogP contribution < -0.4 is 5.32 Å². The van der Waals surface area contributed by atoms with Crippen LogP contribution in [0.3, 0.4) is 0 Å². The number of benzene rings is 2. The lowest BCUT2D eigenvalue weighted by Crippen LogP contribution is -1.98. The highest BCUT2D eigenvalue weighted by Crippen LogP contribution is 2.29. The van der Waals surface area contributed by atoms with E-state index in [4.69, 9.17) is 16.0 Å². The molecule has 0 radical (unpaired) electrons. The fraction of sp³-hybridized carbons (Fsp3) is 0.105. The molecule has 142 valence electrons. The maximum atomic E-state index is 12.9. The van der Waals surface area contributed by atoms with Crippen LogP contribution in [0.5, 0.6) is 0 Å². The molecule has 0 saturated heterocycles. The highest BCUT2D eigenvalue weighted by Gasteiger charge is 2.10. The van der Waals surface area contributed by atoms with Crippen molar-refractivity contribution in [2.45, 2.75) is 16.6 Å². The van der Waals surface area contributed by atoms with Crippen molar-refractivity contribution in [3.63, 3.8) is 0 Å².